The number of rotatable bonds is 15. The first kappa shape index (κ1) is 19.5. The van der Waals surface area contributed by atoms with Gasteiger partial charge in [-0.15, -0.1) is 23.2 Å². The highest BCUT2D eigenvalue weighted by molar-refractivity contribution is 6.19. The first-order valence-electron chi connectivity index (χ1n) is 8.19. The molecule has 0 saturated heterocycles. The van der Waals surface area contributed by atoms with Crippen LogP contribution in [0, 0.1) is 0 Å². The van der Waals surface area contributed by atoms with Gasteiger partial charge >= 0.3 is 0 Å². The number of hydrogen-bond acceptors (Lipinski definition) is 1. The summed E-state index contributed by atoms with van der Waals surface area (Å²) >= 11 is 11.5. The van der Waals surface area contributed by atoms with Crippen molar-refractivity contribution in [3.8, 4) is 0 Å². The van der Waals surface area contributed by atoms with Crippen molar-refractivity contribution >= 4 is 23.2 Å². The third kappa shape index (κ3) is 14.8. The van der Waals surface area contributed by atoms with Crippen LogP contribution in [0.25, 0.3) is 0 Å². The molecule has 0 aliphatic heterocycles. The fourth-order valence-corrected chi connectivity index (χ4v) is 2.82. The van der Waals surface area contributed by atoms with Crippen molar-refractivity contribution in [1.82, 2.24) is 4.90 Å². The Bertz CT molecular complexity index is 161. The summed E-state index contributed by atoms with van der Waals surface area (Å²) in [5, 5.41) is 0. The Hall–Kier alpha value is 0.540. The highest BCUT2D eigenvalue weighted by Gasteiger charge is 2.00. The smallest absolute Gasteiger partial charge is 0.0747 e. The van der Waals surface area contributed by atoms with Crippen LogP contribution >= 0.6 is 23.2 Å². The Kier molecular flexibility index (Phi) is 17.1. The summed E-state index contributed by atoms with van der Waals surface area (Å²) in [7, 11) is 0. The predicted molar refractivity (Wildman–Crippen MR) is 89.2 cm³/mol. The Morgan fingerprint density at radius 3 is 1.32 bits per heavy atom. The number of hydrogen-bond donors (Lipinski definition) is 0. The summed E-state index contributed by atoms with van der Waals surface area (Å²) in [5.41, 5.74) is 0. The van der Waals surface area contributed by atoms with E-state index < -0.39 is 0 Å². The molecule has 0 spiro atoms. The molecule has 3 heteroatoms. The van der Waals surface area contributed by atoms with Crippen molar-refractivity contribution in [2.24, 2.45) is 0 Å². The van der Waals surface area contributed by atoms with Crippen molar-refractivity contribution in [3.63, 3.8) is 0 Å². The molecule has 0 aliphatic rings. The van der Waals surface area contributed by atoms with E-state index in [1.807, 2.05) is 0 Å². The molecular formula is C16H33Cl2N. The van der Waals surface area contributed by atoms with E-state index in [0.29, 0.717) is 12.0 Å². The third-order valence-electron chi connectivity index (χ3n) is 3.67. The zero-order valence-corrected chi connectivity index (χ0v) is 14.3. The van der Waals surface area contributed by atoms with Gasteiger partial charge in [0.1, 0.15) is 0 Å². The number of halogens is 2. The van der Waals surface area contributed by atoms with Crippen LogP contribution in [-0.2, 0) is 0 Å². The molecule has 0 bridgehead atoms. The van der Waals surface area contributed by atoms with Crippen LogP contribution < -0.4 is 0 Å². The van der Waals surface area contributed by atoms with Gasteiger partial charge < -0.3 is 0 Å². The van der Waals surface area contributed by atoms with Crippen molar-refractivity contribution in [3.05, 3.63) is 0 Å². The first-order chi connectivity index (χ1) is 9.35. The lowest BCUT2D eigenvalue weighted by molar-refractivity contribution is 0.355. The van der Waals surface area contributed by atoms with Gasteiger partial charge in [-0.05, 0) is 6.42 Å². The van der Waals surface area contributed by atoms with Gasteiger partial charge in [-0.1, -0.05) is 77.6 Å². The van der Waals surface area contributed by atoms with Gasteiger partial charge in [0.25, 0.3) is 0 Å². The van der Waals surface area contributed by atoms with Crippen LogP contribution in [0.1, 0.15) is 84.0 Å². The van der Waals surface area contributed by atoms with Gasteiger partial charge in [0.05, 0.1) is 12.0 Å². The maximum absolute atomic E-state index is 5.75. The Balaban J connectivity index is 3.02. The predicted octanol–water partition coefficient (Wildman–Crippen LogP) is 6.38. The molecule has 116 valence electrons. The third-order valence-corrected chi connectivity index (χ3v) is 4.34. The van der Waals surface area contributed by atoms with E-state index in [-0.39, 0.29) is 0 Å². The highest BCUT2D eigenvalue weighted by atomic mass is 35.5. The highest BCUT2D eigenvalue weighted by Crippen LogP contribution is 2.12. The lowest BCUT2D eigenvalue weighted by atomic mass is 10.1. The fraction of sp³-hybridized carbons (Fsp3) is 1.00. The molecule has 19 heavy (non-hydrogen) atoms. The topological polar surface area (TPSA) is 3.24 Å². The average molecular weight is 310 g/mol. The van der Waals surface area contributed by atoms with Crippen LogP contribution in [0.5, 0.6) is 0 Å². The molecule has 0 radical (unpaired) electrons. The summed E-state index contributed by atoms with van der Waals surface area (Å²) < 4.78 is 0. The first-order valence-corrected chi connectivity index (χ1v) is 9.26. The van der Waals surface area contributed by atoms with E-state index >= 15 is 0 Å². The molecule has 0 aromatic heterocycles. The van der Waals surface area contributed by atoms with Crippen LogP contribution in [-0.4, -0.2) is 23.5 Å². The van der Waals surface area contributed by atoms with E-state index in [1.54, 1.807) is 0 Å². The van der Waals surface area contributed by atoms with Gasteiger partial charge in [-0.3, -0.25) is 4.90 Å². The molecular weight excluding hydrogens is 277 g/mol. The maximum Gasteiger partial charge on any atom is 0.0747 e. The molecule has 0 rings (SSSR count). The standard InChI is InChI=1S/C16H33Cl2N/c1-2-3-4-5-6-7-8-9-10-11-12-13-14-19(15-17)16-18/h2-16H2,1H3. The van der Waals surface area contributed by atoms with Crippen molar-refractivity contribution in [2.75, 3.05) is 18.6 Å². The molecule has 0 amide bonds. The van der Waals surface area contributed by atoms with E-state index in [4.69, 9.17) is 23.2 Å². The Labute approximate surface area is 131 Å². The van der Waals surface area contributed by atoms with Gasteiger partial charge in [-0.25, -0.2) is 0 Å². The number of alkyl halides is 2. The second kappa shape index (κ2) is 16.6. The number of unbranched alkanes of at least 4 members (excludes halogenated alkanes) is 11. The van der Waals surface area contributed by atoms with Gasteiger partial charge in [0.15, 0.2) is 0 Å². The average Bonchev–Trinajstić information content (AvgIpc) is 2.44. The van der Waals surface area contributed by atoms with Crippen molar-refractivity contribution in [2.45, 2.75) is 84.0 Å². The minimum absolute atomic E-state index is 0.557. The second-order valence-corrected chi connectivity index (χ2v) is 6.00. The Morgan fingerprint density at radius 2 is 0.947 bits per heavy atom. The summed E-state index contributed by atoms with van der Waals surface area (Å²) in [6.45, 7) is 3.32. The summed E-state index contributed by atoms with van der Waals surface area (Å²) in [5.74, 6) is 0. The molecule has 0 aromatic rings. The Morgan fingerprint density at radius 1 is 0.579 bits per heavy atom. The largest absolute Gasteiger partial charge is 0.276 e. The maximum atomic E-state index is 5.75. The van der Waals surface area contributed by atoms with Gasteiger partial charge in [-0.2, -0.15) is 0 Å². The van der Waals surface area contributed by atoms with Gasteiger partial charge in [0, 0.05) is 6.54 Å². The lowest BCUT2D eigenvalue weighted by Crippen LogP contribution is -2.21. The SMILES string of the molecule is CCCCCCCCCCCCCCN(CCl)CCl. The van der Waals surface area contributed by atoms with Gasteiger partial charge in [0.2, 0.25) is 0 Å². The molecule has 0 aliphatic carbocycles. The van der Waals surface area contributed by atoms with Crippen molar-refractivity contribution in [1.29, 1.82) is 0 Å². The molecule has 0 atom stereocenters. The second-order valence-electron chi connectivity index (χ2n) is 5.52. The molecule has 0 heterocycles. The van der Waals surface area contributed by atoms with E-state index in [9.17, 15) is 0 Å². The lowest BCUT2D eigenvalue weighted by Gasteiger charge is -2.14. The van der Waals surface area contributed by atoms with E-state index in [1.165, 1.54) is 77.0 Å². The van der Waals surface area contributed by atoms with Crippen LogP contribution in [0.2, 0.25) is 0 Å². The molecule has 0 N–H and O–H groups in total. The molecule has 0 saturated carbocycles. The summed E-state index contributed by atoms with van der Waals surface area (Å²) in [6, 6.07) is 1.11. The quantitative estimate of drug-likeness (QED) is 0.193. The molecule has 0 fully saturated rings. The van der Waals surface area contributed by atoms with Crippen LogP contribution in [0.15, 0.2) is 0 Å². The number of nitrogens with zero attached hydrogens (tertiary/aromatic N) is 1. The van der Waals surface area contributed by atoms with Crippen LogP contribution in [0.4, 0.5) is 0 Å². The zero-order valence-electron chi connectivity index (χ0n) is 12.8. The normalized spacial score (nSPS) is 11.4. The van der Waals surface area contributed by atoms with Crippen molar-refractivity contribution < 1.29 is 0 Å². The molecule has 1 nitrogen and oxygen atoms in total. The summed E-state index contributed by atoms with van der Waals surface area (Å²) in [4.78, 5) is 2.07. The zero-order chi connectivity index (χ0) is 14.2. The molecule has 0 aromatic carbocycles. The van der Waals surface area contributed by atoms with E-state index in [0.717, 1.165) is 6.54 Å². The molecule has 0 unspecified atom stereocenters. The monoisotopic (exact) mass is 309 g/mol. The van der Waals surface area contributed by atoms with Crippen LogP contribution in [0.3, 0.4) is 0 Å². The summed E-state index contributed by atoms with van der Waals surface area (Å²) in [6.07, 6.45) is 16.7. The van der Waals surface area contributed by atoms with E-state index in [2.05, 4.69) is 11.8 Å². The minimum atomic E-state index is 0.557. The fourth-order valence-electron chi connectivity index (χ4n) is 2.33. The minimum Gasteiger partial charge on any atom is -0.276 e.